The Labute approximate surface area is 118 Å². The normalized spacial score (nSPS) is 36.8. The Hall–Kier alpha value is -0.120. The highest BCUT2D eigenvalue weighted by Gasteiger charge is 2.37. The van der Waals surface area contributed by atoms with Crippen molar-refractivity contribution in [3.63, 3.8) is 0 Å². The fourth-order valence-corrected chi connectivity index (χ4v) is 3.84. The summed E-state index contributed by atoms with van der Waals surface area (Å²) in [7, 11) is 0. The second-order valence-electron chi connectivity index (χ2n) is 7.04. The van der Waals surface area contributed by atoms with E-state index >= 15 is 0 Å². The molecule has 0 aromatic carbocycles. The van der Waals surface area contributed by atoms with Crippen LogP contribution in [0.25, 0.3) is 0 Å². The Balaban J connectivity index is 1.90. The predicted molar refractivity (Wildman–Crippen MR) is 80.2 cm³/mol. The lowest BCUT2D eigenvalue weighted by atomic mass is 9.70. The van der Waals surface area contributed by atoms with E-state index in [1.807, 2.05) is 0 Å². The van der Waals surface area contributed by atoms with Crippen LogP contribution >= 0.6 is 0 Å². The molecule has 0 aromatic rings. The van der Waals surface area contributed by atoms with Gasteiger partial charge in [-0.3, -0.25) is 0 Å². The molecule has 2 aliphatic rings. The van der Waals surface area contributed by atoms with Crippen LogP contribution in [0.5, 0.6) is 0 Å². The van der Waals surface area contributed by atoms with Gasteiger partial charge in [0.25, 0.3) is 0 Å². The number of aliphatic hydroxyl groups is 1. The van der Waals surface area contributed by atoms with Crippen LogP contribution in [0.4, 0.5) is 0 Å². The first-order valence-corrected chi connectivity index (χ1v) is 8.21. The summed E-state index contributed by atoms with van der Waals surface area (Å²) in [6.45, 7) is 10.8. The van der Waals surface area contributed by atoms with E-state index in [-0.39, 0.29) is 0 Å². The van der Waals surface area contributed by atoms with Crippen LogP contribution in [0.1, 0.15) is 46.0 Å². The molecule has 1 aliphatic carbocycles. The average molecular weight is 268 g/mol. The summed E-state index contributed by atoms with van der Waals surface area (Å²) >= 11 is 0. The van der Waals surface area contributed by atoms with E-state index in [4.69, 9.17) is 0 Å². The summed E-state index contributed by atoms with van der Waals surface area (Å²) in [6, 6.07) is 0. The largest absolute Gasteiger partial charge is 0.396 e. The summed E-state index contributed by atoms with van der Waals surface area (Å²) in [6.07, 6.45) is 6.72. The van der Waals surface area contributed by atoms with Gasteiger partial charge in [-0.15, -0.1) is 0 Å². The maximum Gasteiger partial charge on any atom is 0.0471 e. The average Bonchev–Trinajstić information content (AvgIpc) is 2.87. The Morgan fingerprint density at radius 1 is 1.26 bits per heavy atom. The van der Waals surface area contributed by atoms with Gasteiger partial charge in [0.05, 0.1) is 0 Å². The van der Waals surface area contributed by atoms with Crippen LogP contribution < -0.4 is 5.32 Å². The van der Waals surface area contributed by atoms with Crippen molar-refractivity contribution in [1.29, 1.82) is 0 Å². The summed E-state index contributed by atoms with van der Waals surface area (Å²) in [5, 5.41) is 12.9. The molecule has 112 valence electrons. The third kappa shape index (κ3) is 4.17. The molecular weight excluding hydrogens is 236 g/mol. The summed E-state index contributed by atoms with van der Waals surface area (Å²) in [5.74, 6) is 1.44. The lowest BCUT2D eigenvalue weighted by Gasteiger charge is -2.42. The van der Waals surface area contributed by atoms with Gasteiger partial charge in [0.1, 0.15) is 0 Å². The molecule has 2 rings (SSSR count). The zero-order chi connectivity index (χ0) is 13.7. The molecule has 3 heteroatoms. The van der Waals surface area contributed by atoms with Gasteiger partial charge in [0.2, 0.25) is 0 Å². The van der Waals surface area contributed by atoms with Crippen molar-refractivity contribution in [2.24, 2.45) is 17.3 Å². The molecule has 2 N–H and O–H groups in total. The lowest BCUT2D eigenvalue weighted by Crippen LogP contribution is -2.45. The molecule has 0 bridgehead atoms. The predicted octanol–water partition coefficient (Wildman–Crippen LogP) is 2.11. The summed E-state index contributed by atoms with van der Waals surface area (Å²) < 4.78 is 0. The minimum Gasteiger partial charge on any atom is -0.396 e. The first kappa shape index (κ1) is 15.3. The van der Waals surface area contributed by atoms with Gasteiger partial charge in [-0.05, 0) is 49.6 Å². The Morgan fingerprint density at radius 3 is 2.58 bits per heavy atom. The van der Waals surface area contributed by atoms with Crippen molar-refractivity contribution >= 4 is 0 Å². The number of nitrogens with zero attached hydrogens (tertiary/aromatic N) is 1. The molecule has 19 heavy (non-hydrogen) atoms. The second kappa shape index (κ2) is 7.05. The fraction of sp³-hybridized carbons (Fsp3) is 1.00. The highest BCUT2D eigenvalue weighted by Crippen LogP contribution is 2.39. The zero-order valence-corrected chi connectivity index (χ0v) is 12.8. The molecule has 0 radical (unpaired) electrons. The first-order valence-electron chi connectivity index (χ1n) is 8.21. The second-order valence-corrected chi connectivity index (χ2v) is 7.04. The minimum atomic E-state index is 0.369. The maximum absolute atomic E-state index is 9.29. The minimum absolute atomic E-state index is 0.369. The van der Waals surface area contributed by atoms with Gasteiger partial charge < -0.3 is 15.3 Å². The summed E-state index contributed by atoms with van der Waals surface area (Å²) in [4.78, 5) is 2.61. The van der Waals surface area contributed by atoms with Crippen molar-refractivity contribution in [2.45, 2.75) is 46.0 Å². The molecule has 0 aromatic heterocycles. The van der Waals surface area contributed by atoms with Gasteiger partial charge in [0.15, 0.2) is 0 Å². The fourth-order valence-electron chi connectivity index (χ4n) is 3.84. The lowest BCUT2D eigenvalue weighted by molar-refractivity contribution is 0.0946. The molecule has 1 saturated heterocycles. The number of nitrogens with one attached hydrogen (secondary N) is 1. The molecule has 1 unspecified atom stereocenters. The van der Waals surface area contributed by atoms with Crippen molar-refractivity contribution in [2.75, 3.05) is 39.3 Å². The molecule has 1 heterocycles. The van der Waals surface area contributed by atoms with Crippen molar-refractivity contribution in [3.8, 4) is 0 Å². The molecule has 1 saturated carbocycles. The molecule has 1 aliphatic heterocycles. The third-order valence-corrected chi connectivity index (χ3v) is 5.27. The Morgan fingerprint density at radius 2 is 2.00 bits per heavy atom. The molecule has 1 atom stereocenters. The first-order chi connectivity index (χ1) is 9.17. The smallest absolute Gasteiger partial charge is 0.0471 e. The van der Waals surface area contributed by atoms with Crippen molar-refractivity contribution in [3.05, 3.63) is 0 Å². The Bertz CT molecular complexity index is 256. The van der Waals surface area contributed by atoms with E-state index in [0.717, 1.165) is 19.0 Å². The van der Waals surface area contributed by atoms with E-state index in [1.54, 1.807) is 0 Å². The van der Waals surface area contributed by atoms with Crippen LogP contribution in [-0.2, 0) is 0 Å². The molecule has 0 amide bonds. The number of rotatable bonds is 6. The van der Waals surface area contributed by atoms with Gasteiger partial charge in [-0.2, -0.15) is 0 Å². The van der Waals surface area contributed by atoms with Gasteiger partial charge in [-0.25, -0.2) is 0 Å². The highest BCUT2D eigenvalue weighted by molar-refractivity contribution is 4.91. The van der Waals surface area contributed by atoms with Crippen molar-refractivity contribution < 1.29 is 5.11 Å². The monoisotopic (exact) mass is 268 g/mol. The maximum atomic E-state index is 9.29. The Kier molecular flexibility index (Phi) is 5.67. The number of aliphatic hydroxyl groups excluding tert-OH is 1. The van der Waals surface area contributed by atoms with Gasteiger partial charge in [-0.1, -0.05) is 26.7 Å². The molecule has 2 fully saturated rings. The van der Waals surface area contributed by atoms with Crippen LogP contribution in [-0.4, -0.2) is 49.3 Å². The number of hydrogen-bond acceptors (Lipinski definition) is 3. The number of hydrogen-bond donors (Lipinski definition) is 2. The van der Waals surface area contributed by atoms with Gasteiger partial charge >= 0.3 is 0 Å². The molecular formula is C16H32N2O. The topological polar surface area (TPSA) is 35.5 Å². The standard InChI is InChI=1S/C16H32N2O/c1-3-17-12-16(7-4-14(2)5-8-16)13-18-9-6-15(10-18)11-19/h14-15,17,19H,3-13H2,1-2H3. The van der Waals surface area contributed by atoms with Crippen molar-refractivity contribution in [1.82, 2.24) is 10.2 Å². The highest BCUT2D eigenvalue weighted by atomic mass is 16.3. The third-order valence-electron chi connectivity index (χ3n) is 5.27. The number of likely N-dealkylation sites (tertiary alicyclic amines) is 1. The van der Waals surface area contributed by atoms with E-state index in [9.17, 15) is 5.11 Å². The zero-order valence-electron chi connectivity index (χ0n) is 12.8. The van der Waals surface area contributed by atoms with E-state index in [0.29, 0.717) is 17.9 Å². The van der Waals surface area contributed by atoms with E-state index in [1.165, 1.54) is 51.7 Å². The summed E-state index contributed by atoms with van der Waals surface area (Å²) in [5.41, 5.74) is 0.493. The van der Waals surface area contributed by atoms with E-state index < -0.39 is 0 Å². The van der Waals surface area contributed by atoms with Crippen LogP contribution in [0.2, 0.25) is 0 Å². The molecule has 0 spiro atoms. The SMILES string of the molecule is CCNCC1(CN2CCC(CO)C2)CCC(C)CC1. The quantitative estimate of drug-likeness (QED) is 0.774. The van der Waals surface area contributed by atoms with Gasteiger partial charge in [0, 0.05) is 26.2 Å². The molecule has 3 nitrogen and oxygen atoms in total. The van der Waals surface area contributed by atoms with Crippen LogP contribution in [0, 0.1) is 17.3 Å². The van der Waals surface area contributed by atoms with E-state index in [2.05, 4.69) is 24.1 Å². The van der Waals surface area contributed by atoms with Crippen LogP contribution in [0.3, 0.4) is 0 Å². The van der Waals surface area contributed by atoms with Crippen LogP contribution in [0.15, 0.2) is 0 Å².